The lowest BCUT2D eigenvalue weighted by molar-refractivity contribution is -0.121. The van der Waals surface area contributed by atoms with Crippen molar-refractivity contribution in [2.24, 2.45) is 4.99 Å². The number of halogens is 1. The number of nitrogens with zero attached hydrogens (tertiary/aromatic N) is 2. The fourth-order valence-electron chi connectivity index (χ4n) is 4.93. The number of imidazole rings is 1. The van der Waals surface area contributed by atoms with Gasteiger partial charge in [0.15, 0.2) is 5.78 Å². The Bertz CT molecular complexity index is 1310. The number of H-pyrrole nitrogens is 1. The molecule has 5 rings (SSSR count). The summed E-state index contributed by atoms with van der Waals surface area (Å²) in [5.74, 6) is 0.0339. The Morgan fingerprint density at radius 2 is 1.91 bits per heavy atom. The summed E-state index contributed by atoms with van der Waals surface area (Å²) >= 11 is 6.13. The minimum absolute atomic E-state index is 0.0245. The molecule has 1 aliphatic heterocycles. The summed E-state index contributed by atoms with van der Waals surface area (Å²) in [6.07, 6.45) is 4.30. The number of aliphatic imine (C=N–C) groups is 1. The second-order valence-electron chi connectivity index (χ2n) is 8.83. The first-order valence-electron chi connectivity index (χ1n) is 11.4. The SMILES string of the molecule is O=C(CCC1=Nc2ccccc2C(=O)C1)NC1CCC(n2c(=O)[nH]c3ccc(Cl)cc32)CC1. The van der Waals surface area contributed by atoms with Gasteiger partial charge in [0.25, 0.3) is 0 Å². The van der Waals surface area contributed by atoms with Crippen LogP contribution in [0.25, 0.3) is 11.0 Å². The van der Waals surface area contributed by atoms with E-state index in [1.165, 1.54) is 0 Å². The monoisotopic (exact) mass is 464 g/mol. The van der Waals surface area contributed by atoms with Crippen LogP contribution in [0.1, 0.15) is 61.3 Å². The predicted octanol–water partition coefficient (Wildman–Crippen LogP) is 4.72. The fraction of sp³-hybridized carbons (Fsp3) is 0.360. The molecule has 0 atom stereocenters. The number of para-hydroxylation sites is 1. The lowest BCUT2D eigenvalue weighted by Crippen LogP contribution is -2.39. The van der Waals surface area contributed by atoms with Crippen LogP contribution in [-0.2, 0) is 4.79 Å². The molecule has 2 heterocycles. The van der Waals surface area contributed by atoms with Gasteiger partial charge in [0.1, 0.15) is 0 Å². The first-order chi connectivity index (χ1) is 16.0. The zero-order valence-corrected chi connectivity index (χ0v) is 18.9. The standard InChI is InChI=1S/C25H25ClN4O3/c26-15-5-11-21-22(13-15)30(25(33)29-21)18-9-6-16(7-10-18)28-24(32)12-8-17-14-23(31)19-3-1-2-4-20(19)27-17/h1-5,11,13,16,18H,6-10,12,14H2,(H,28,32)(H,29,33). The van der Waals surface area contributed by atoms with Crippen molar-refractivity contribution in [1.29, 1.82) is 0 Å². The Hall–Kier alpha value is -3.19. The molecule has 0 saturated heterocycles. The molecule has 0 spiro atoms. The number of fused-ring (bicyclic) bond motifs is 2. The molecule has 0 unspecified atom stereocenters. The summed E-state index contributed by atoms with van der Waals surface area (Å²) in [7, 11) is 0. The molecule has 2 aromatic carbocycles. The number of carbonyl (C=O) groups excluding carboxylic acids is 2. The molecule has 1 fully saturated rings. The Morgan fingerprint density at radius 1 is 1.12 bits per heavy atom. The normalized spacial score (nSPS) is 20.4. The van der Waals surface area contributed by atoms with Gasteiger partial charge in [-0.15, -0.1) is 0 Å². The minimum atomic E-state index is -0.121. The van der Waals surface area contributed by atoms with E-state index in [0.717, 1.165) is 42.4 Å². The molecule has 0 bridgehead atoms. The molecule has 8 heteroatoms. The number of hydrogen-bond acceptors (Lipinski definition) is 4. The summed E-state index contributed by atoms with van der Waals surface area (Å²) in [5.41, 5.74) is 3.59. The maximum atomic E-state index is 12.5. The van der Waals surface area contributed by atoms with Crippen LogP contribution < -0.4 is 11.0 Å². The third-order valence-corrected chi connectivity index (χ3v) is 6.83. The van der Waals surface area contributed by atoms with Crippen LogP contribution in [0.2, 0.25) is 5.02 Å². The van der Waals surface area contributed by atoms with E-state index in [0.29, 0.717) is 29.1 Å². The molecule has 1 saturated carbocycles. The van der Waals surface area contributed by atoms with Crippen molar-refractivity contribution in [2.75, 3.05) is 0 Å². The summed E-state index contributed by atoms with van der Waals surface area (Å²) < 4.78 is 1.80. The van der Waals surface area contributed by atoms with Crippen LogP contribution in [0.3, 0.4) is 0 Å². The molecule has 33 heavy (non-hydrogen) atoms. The zero-order chi connectivity index (χ0) is 22.9. The lowest BCUT2D eigenvalue weighted by atomic mass is 9.90. The highest BCUT2D eigenvalue weighted by Crippen LogP contribution is 2.31. The van der Waals surface area contributed by atoms with E-state index in [9.17, 15) is 14.4 Å². The largest absolute Gasteiger partial charge is 0.353 e. The number of amides is 1. The van der Waals surface area contributed by atoms with E-state index in [-0.39, 0.29) is 35.9 Å². The van der Waals surface area contributed by atoms with Crippen LogP contribution >= 0.6 is 11.6 Å². The Labute approximate surface area is 195 Å². The molecular weight excluding hydrogens is 440 g/mol. The molecule has 1 aliphatic carbocycles. The Morgan fingerprint density at radius 3 is 2.73 bits per heavy atom. The van der Waals surface area contributed by atoms with Gasteiger partial charge < -0.3 is 10.3 Å². The van der Waals surface area contributed by atoms with Crippen molar-refractivity contribution in [3.63, 3.8) is 0 Å². The third kappa shape index (κ3) is 4.50. The highest BCUT2D eigenvalue weighted by molar-refractivity contribution is 6.31. The van der Waals surface area contributed by atoms with E-state index in [2.05, 4.69) is 15.3 Å². The molecule has 3 aromatic rings. The smallest absolute Gasteiger partial charge is 0.326 e. The van der Waals surface area contributed by atoms with Crippen LogP contribution in [-0.4, -0.2) is 33.0 Å². The lowest BCUT2D eigenvalue weighted by Gasteiger charge is -2.30. The van der Waals surface area contributed by atoms with Crippen molar-refractivity contribution in [1.82, 2.24) is 14.9 Å². The third-order valence-electron chi connectivity index (χ3n) is 6.59. The van der Waals surface area contributed by atoms with Gasteiger partial charge in [0, 0.05) is 41.2 Å². The van der Waals surface area contributed by atoms with Gasteiger partial charge in [0.2, 0.25) is 5.91 Å². The van der Waals surface area contributed by atoms with Crippen LogP contribution in [0.4, 0.5) is 5.69 Å². The number of benzene rings is 2. The van der Waals surface area contributed by atoms with Crippen molar-refractivity contribution in [3.8, 4) is 0 Å². The second-order valence-corrected chi connectivity index (χ2v) is 9.27. The van der Waals surface area contributed by atoms with Gasteiger partial charge in [-0.05, 0) is 62.4 Å². The molecule has 1 aromatic heterocycles. The first-order valence-corrected chi connectivity index (χ1v) is 11.7. The number of carbonyl (C=O) groups is 2. The maximum absolute atomic E-state index is 12.5. The highest BCUT2D eigenvalue weighted by atomic mass is 35.5. The van der Waals surface area contributed by atoms with E-state index in [1.54, 1.807) is 16.7 Å². The Kier molecular flexibility index (Phi) is 5.89. The summed E-state index contributed by atoms with van der Waals surface area (Å²) in [4.78, 5) is 44.8. The van der Waals surface area contributed by atoms with Crippen LogP contribution in [0.15, 0.2) is 52.3 Å². The summed E-state index contributed by atoms with van der Waals surface area (Å²) in [6.45, 7) is 0. The van der Waals surface area contributed by atoms with Crippen LogP contribution in [0, 0.1) is 0 Å². The molecule has 1 amide bonds. The second kappa shape index (κ2) is 8.98. The van der Waals surface area contributed by atoms with Crippen molar-refractivity contribution in [2.45, 2.75) is 57.0 Å². The van der Waals surface area contributed by atoms with Gasteiger partial charge in [-0.1, -0.05) is 23.7 Å². The van der Waals surface area contributed by atoms with Crippen molar-refractivity contribution < 1.29 is 9.59 Å². The fourth-order valence-corrected chi connectivity index (χ4v) is 5.10. The minimum Gasteiger partial charge on any atom is -0.353 e. The highest BCUT2D eigenvalue weighted by Gasteiger charge is 2.26. The predicted molar refractivity (Wildman–Crippen MR) is 129 cm³/mol. The van der Waals surface area contributed by atoms with Gasteiger partial charge in [-0.3, -0.25) is 19.1 Å². The van der Waals surface area contributed by atoms with Crippen molar-refractivity contribution >= 4 is 45.7 Å². The molecular formula is C25H25ClN4O3. The van der Waals surface area contributed by atoms with Gasteiger partial charge in [-0.2, -0.15) is 0 Å². The van der Waals surface area contributed by atoms with Crippen LogP contribution in [0.5, 0.6) is 0 Å². The number of rotatable bonds is 5. The quantitative estimate of drug-likeness (QED) is 0.571. The maximum Gasteiger partial charge on any atom is 0.326 e. The van der Waals surface area contributed by atoms with E-state index < -0.39 is 0 Å². The molecule has 170 valence electrons. The number of nitrogens with one attached hydrogen (secondary N) is 2. The number of aromatic amines is 1. The van der Waals surface area contributed by atoms with E-state index >= 15 is 0 Å². The molecule has 7 nitrogen and oxygen atoms in total. The average molecular weight is 465 g/mol. The van der Waals surface area contributed by atoms with Gasteiger partial charge >= 0.3 is 5.69 Å². The first kappa shape index (κ1) is 21.6. The molecule has 2 N–H and O–H groups in total. The summed E-state index contributed by atoms with van der Waals surface area (Å²) in [6, 6.07) is 12.9. The topological polar surface area (TPSA) is 96.3 Å². The summed E-state index contributed by atoms with van der Waals surface area (Å²) in [5, 5.41) is 3.72. The number of ketones is 1. The van der Waals surface area contributed by atoms with Gasteiger partial charge in [-0.25, -0.2) is 4.79 Å². The zero-order valence-electron chi connectivity index (χ0n) is 18.1. The number of Topliss-reactive ketones (excluding diaryl/α,β-unsaturated/α-hetero) is 1. The Balaban J connectivity index is 1.15. The van der Waals surface area contributed by atoms with E-state index in [4.69, 9.17) is 11.6 Å². The average Bonchev–Trinajstić information content (AvgIpc) is 3.13. The molecule has 2 aliphatic rings. The number of hydrogen-bond donors (Lipinski definition) is 2. The van der Waals surface area contributed by atoms with Gasteiger partial charge in [0.05, 0.1) is 16.7 Å². The number of aromatic nitrogens is 2. The van der Waals surface area contributed by atoms with Crippen molar-refractivity contribution in [3.05, 3.63) is 63.5 Å². The van der Waals surface area contributed by atoms with E-state index in [1.807, 2.05) is 30.3 Å². The molecule has 0 radical (unpaired) electrons.